The molecule has 96 valence electrons. The first-order valence-corrected chi connectivity index (χ1v) is 6.34. The highest BCUT2D eigenvalue weighted by molar-refractivity contribution is 9.10. The van der Waals surface area contributed by atoms with Gasteiger partial charge in [0.15, 0.2) is 4.60 Å². The zero-order chi connectivity index (χ0) is 13.1. The van der Waals surface area contributed by atoms with Gasteiger partial charge in [-0.15, -0.1) is 5.10 Å². The molecule has 1 heterocycles. The number of methoxy groups -OCH3 is 1. The average Bonchev–Trinajstić information content (AvgIpc) is 2.69. The van der Waals surface area contributed by atoms with E-state index in [0.717, 1.165) is 17.0 Å². The van der Waals surface area contributed by atoms with Crippen molar-refractivity contribution in [2.45, 2.75) is 12.5 Å². The second kappa shape index (κ2) is 5.49. The topological polar surface area (TPSA) is 66.0 Å². The lowest BCUT2D eigenvalue weighted by Crippen LogP contribution is -2.17. The highest BCUT2D eigenvalue weighted by atomic mass is 79.9. The number of aryl methyl sites for hydroxylation is 1. The lowest BCUT2D eigenvalue weighted by molar-refractivity contribution is 0.414. The zero-order valence-electron chi connectivity index (χ0n) is 10.3. The van der Waals surface area contributed by atoms with Crippen molar-refractivity contribution in [1.29, 1.82) is 0 Å². The Bertz CT molecular complexity index is 521. The Morgan fingerprint density at radius 1 is 1.50 bits per heavy atom. The molecule has 0 aliphatic heterocycles. The lowest BCUT2D eigenvalue weighted by atomic mass is 10.0. The van der Waals surface area contributed by atoms with E-state index in [1.54, 1.807) is 11.8 Å². The summed E-state index contributed by atoms with van der Waals surface area (Å²) in [6, 6.07) is 7.72. The van der Waals surface area contributed by atoms with Gasteiger partial charge in [-0.2, -0.15) is 0 Å². The van der Waals surface area contributed by atoms with Gasteiger partial charge < -0.3 is 10.5 Å². The molecular formula is C12H15BrN4O. The highest BCUT2D eigenvalue weighted by Gasteiger charge is 2.16. The molecule has 0 bridgehead atoms. The van der Waals surface area contributed by atoms with Gasteiger partial charge >= 0.3 is 0 Å². The molecule has 0 amide bonds. The van der Waals surface area contributed by atoms with Gasteiger partial charge in [0.2, 0.25) is 0 Å². The van der Waals surface area contributed by atoms with Crippen LogP contribution in [0.2, 0.25) is 0 Å². The van der Waals surface area contributed by atoms with Gasteiger partial charge in [0.1, 0.15) is 5.75 Å². The summed E-state index contributed by atoms with van der Waals surface area (Å²) in [6.45, 7) is 0. The van der Waals surface area contributed by atoms with E-state index in [0.29, 0.717) is 11.0 Å². The van der Waals surface area contributed by atoms with Crippen LogP contribution in [0.4, 0.5) is 0 Å². The van der Waals surface area contributed by atoms with Crippen molar-refractivity contribution in [2.24, 2.45) is 12.8 Å². The minimum Gasteiger partial charge on any atom is -0.497 e. The summed E-state index contributed by atoms with van der Waals surface area (Å²) in [5, 5.41) is 7.87. The van der Waals surface area contributed by atoms with Crippen molar-refractivity contribution >= 4 is 15.9 Å². The third kappa shape index (κ3) is 2.70. The Kier molecular flexibility index (Phi) is 3.98. The molecule has 18 heavy (non-hydrogen) atoms. The molecule has 2 rings (SSSR count). The lowest BCUT2D eigenvalue weighted by Gasteiger charge is -2.12. The van der Waals surface area contributed by atoms with Crippen LogP contribution in [0.15, 0.2) is 28.9 Å². The van der Waals surface area contributed by atoms with Crippen molar-refractivity contribution in [3.63, 3.8) is 0 Å². The van der Waals surface area contributed by atoms with E-state index >= 15 is 0 Å². The molecule has 5 nitrogen and oxygen atoms in total. The Balaban J connectivity index is 2.18. The average molecular weight is 311 g/mol. The number of halogens is 1. The predicted octanol–water partition coefficient (Wildman–Crippen LogP) is 1.83. The number of nitrogens with two attached hydrogens (primary N) is 1. The molecule has 0 fully saturated rings. The maximum Gasteiger partial charge on any atom is 0.153 e. The smallest absolute Gasteiger partial charge is 0.153 e. The molecule has 0 saturated carbocycles. The summed E-state index contributed by atoms with van der Waals surface area (Å²) in [7, 11) is 3.49. The van der Waals surface area contributed by atoms with E-state index in [9.17, 15) is 0 Å². The molecule has 0 aliphatic carbocycles. The first-order valence-electron chi connectivity index (χ1n) is 5.55. The van der Waals surface area contributed by atoms with Gasteiger partial charge in [-0.1, -0.05) is 17.3 Å². The van der Waals surface area contributed by atoms with E-state index in [2.05, 4.69) is 26.2 Å². The number of ether oxygens (including phenoxy) is 1. The predicted molar refractivity (Wildman–Crippen MR) is 72.3 cm³/mol. The number of hydrogen-bond donors (Lipinski definition) is 1. The Morgan fingerprint density at radius 2 is 2.28 bits per heavy atom. The molecule has 0 radical (unpaired) electrons. The second-order valence-electron chi connectivity index (χ2n) is 4.05. The fourth-order valence-electron chi connectivity index (χ4n) is 1.88. The molecule has 6 heteroatoms. The van der Waals surface area contributed by atoms with Crippen LogP contribution in [0, 0.1) is 0 Å². The normalized spacial score (nSPS) is 12.4. The number of rotatable bonds is 4. The monoisotopic (exact) mass is 310 g/mol. The third-order valence-corrected chi connectivity index (χ3v) is 3.33. The standard InChI is InChI=1S/C12H15BrN4O/c1-17-11(12(13)15-16-17)10(14)7-8-4-3-5-9(6-8)18-2/h3-6,10H,7,14H2,1-2H3. The molecule has 0 aliphatic rings. The van der Waals surface area contributed by atoms with Crippen LogP contribution in [-0.4, -0.2) is 22.1 Å². The van der Waals surface area contributed by atoms with Crippen molar-refractivity contribution < 1.29 is 4.74 Å². The first kappa shape index (κ1) is 13.0. The van der Waals surface area contributed by atoms with E-state index in [4.69, 9.17) is 10.5 Å². The molecule has 1 aromatic carbocycles. The molecule has 0 spiro atoms. The van der Waals surface area contributed by atoms with Crippen LogP contribution < -0.4 is 10.5 Å². The minimum absolute atomic E-state index is 0.161. The number of aromatic nitrogens is 3. The molecule has 2 N–H and O–H groups in total. The summed E-state index contributed by atoms with van der Waals surface area (Å²) in [4.78, 5) is 0. The van der Waals surface area contributed by atoms with Crippen LogP contribution >= 0.6 is 15.9 Å². The van der Waals surface area contributed by atoms with Crippen LogP contribution in [0.5, 0.6) is 5.75 Å². The van der Waals surface area contributed by atoms with Crippen LogP contribution in [-0.2, 0) is 13.5 Å². The number of benzene rings is 1. The largest absolute Gasteiger partial charge is 0.497 e. The molecule has 1 atom stereocenters. The van der Waals surface area contributed by atoms with E-state index in [-0.39, 0.29) is 6.04 Å². The van der Waals surface area contributed by atoms with Gasteiger partial charge in [0.05, 0.1) is 18.8 Å². The van der Waals surface area contributed by atoms with Gasteiger partial charge in [0, 0.05) is 7.05 Å². The van der Waals surface area contributed by atoms with Gasteiger partial charge in [0.25, 0.3) is 0 Å². The summed E-state index contributed by atoms with van der Waals surface area (Å²) >= 11 is 3.36. The maximum absolute atomic E-state index is 6.19. The van der Waals surface area contributed by atoms with Crippen LogP contribution in [0.1, 0.15) is 17.3 Å². The Labute approximate surface area is 114 Å². The molecule has 1 aromatic heterocycles. The number of hydrogen-bond acceptors (Lipinski definition) is 4. The van der Waals surface area contributed by atoms with Gasteiger partial charge in [-0.3, -0.25) is 0 Å². The third-order valence-electron chi connectivity index (χ3n) is 2.77. The summed E-state index contributed by atoms with van der Waals surface area (Å²) < 4.78 is 7.58. The van der Waals surface area contributed by atoms with Gasteiger partial charge in [-0.05, 0) is 40.0 Å². The first-order chi connectivity index (χ1) is 8.61. The van der Waals surface area contributed by atoms with E-state index < -0.39 is 0 Å². The molecule has 0 saturated heterocycles. The summed E-state index contributed by atoms with van der Waals surface area (Å²) in [5.74, 6) is 0.835. The van der Waals surface area contributed by atoms with Gasteiger partial charge in [-0.25, -0.2) is 4.68 Å². The quantitative estimate of drug-likeness (QED) is 0.935. The SMILES string of the molecule is COc1cccc(CC(N)c2c(Br)nnn2C)c1. The fraction of sp³-hybridized carbons (Fsp3) is 0.333. The Morgan fingerprint density at radius 3 is 2.89 bits per heavy atom. The van der Waals surface area contributed by atoms with Crippen molar-refractivity contribution in [2.75, 3.05) is 7.11 Å². The zero-order valence-corrected chi connectivity index (χ0v) is 11.9. The van der Waals surface area contributed by atoms with Crippen molar-refractivity contribution in [3.05, 3.63) is 40.1 Å². The minimum atomic E-state index is -0.161. The fourth-order valence-corrected chi connectivity index (χ4v) is 2.50. The summed E-state index contributed by atoms with van der Waals surface area (Å²) in [5.41, 5.74) is 8.20. The molecule has 1 unspecified atom stereocenters. The summed E-state index contributed by atoms with van der Waals surface area (Å²) in [6.07, 6.45) is 0.705. The van der Waals surface area contributed by atoms with E-state index in [1.807, 2.05) is 31.3 Å². The maximum atomic E-state index is 6.19. The van der Waals surface area contributed by atoms with Crippen LogP contribution in [0.3, 0.4) is 0 Å². The Hall–Kier alpha value is -1.40. The molecular weight excluding hydrogens is 296 g/mol. The second-order valence-corrected chi connectivity index (χ2v) is 4.80. The van der Waals surface area contributed by atoms with Crippen molar-refractivity contribution in [1.82, 2.24) is 15.0 Å². The van der Waals surface area contributed by atoms with E-state index in [1.165, 1.54) is 0 Å². The van der Waals surface area contributed by atoms with Crippen LogP contribution in [0.25, 0.3) is 0 Å². The van der Waals surface area contributed by atoms with Crippen molar-refractivity contribution in [3.8, 4) is 5.75 Å². The number of nitrogens with zero attached hydrogens (tertiary/aromatic N) is 3. The molecule has 2 aromatic rings. The highest BCUT2D eigenvalue weighted by Crippen LogP contribution is 2.23.